The Hall–Kier alpha value is -2.41. The molecule has 0 bridgehead atoms. The summed E-state index contributed by atoms with van der Waals surface area (Å²) in [6, 6.07) is 5.39. The maximum atomic E-state index is 12.1. The molecular weight excluding hydrogens is 296 g/mol. The van der Waals surface area contributed by atoms with Crippen LogP contribution in [-0.2, 0) is 0 Å². The van der Waals surface area contributed by atoms with Crippen molar-refractivity contribution in [3.63, 3.8) is 0 Å². The van der Waals surface area contributed by atoms with Crippen molar-refractivity contribution in [3.8, 4) is 0 Å². The fourth-order valence-electron chi connectivity index (χ4n) is 1.68. The second kappa shape index (κ2) is 5.92. The smallest absolute Gasteiger partial charge is 0.270 e. The van der Waals surface area contributed by atoms with E-state index in [0.29, 0.717) is 5.82 Å². The number of nitro benzene ring substituents is 1. The Labute approximate surface area is 125 Å². The maximum Gasteiger partial charge on any atom is 0.270 e. The van der Waals surface area contributed by atoms with Crippen LogP contribution in [0.2, 0.25) is 5.02 Å². The van der Waals surface area contributed by atoms with E-state index in [1.807, 2.05) is 13.8 Å². The molecule has 0 spiro atoms. The minimum absolute atomic E-state index is 0.0277. The van der Waals surface area contributed by atoms with Gasteiger partial charge in [0.1, 0.15) is 0 Å². The number of aromatic amines is 1. The van der Waals surface area contributed by atoms with Crippen LogP contribution >= 0.6 is 11.6 Å². The number of amides is 1. The van der Waals surface area contributed by atoms with E-state index in [4.69, 9.17) is 11.6 Å². The van der Waals surface area contributed by atoms with Crippen molar-refractivity contribution in [2.75, 3.05) is 5.32 Å². The van der Waals surface area contributed by atoms with Crippen molar-refractivity contribution in [2.24, 2.45) is 0 Å². The summed E-state index contributed by atoms with van der Waals surface area (Å²) in [5, 5.41) is 20.2. The summed E-state index contributed by atoms with van der Waals surface area (Å²) >= 11 is 5.91. The summed E-state index contributed by atoms with van der Waals surface area (Å²) in [4.78, 5) is 22.3. The highest BCUT2D eigenvalue weighted by Crippen LogP contribution is 2.23. The molecule has 8 heteroatoms. The summed E-state index contributed by atoms with van der Waals surface area (Å²) < 4.78 is 0. The number of rotatable bonds is 4. The van der Waals surface area contributed by atoms with Gasteiger partial charge >= 0.3 is 0 Å². The molecule has 0 aliphatic carbocycles. The molecule has 0 fully saturated rings. The van der Waals surface area contributed by atoms with Gasteiger partial charge in [0.15, 0.2) is 5.82 Å². The zero-order chi connectivity index (χ0) is 15.6. The standard InChI is InChI=1S/C13H13ClN4O3/c1-7(2)11-6-12(17-16-11)15-13(19)9-5-8(18(20)21)3-4-10(9)14/h3-7H,1-2H3,(H2,15,16,17,19). The SMILES string of the molecule is CC(C)c1cc(NC(=O)c2cc([N+](=O)[O-])ccc2Cl)n[nH]1. The van der Waals surface area contributed by atoms with Gasteiger partial charge in [0, 0.05) is 23.9 Å². The van der Waals surface area contributed by atoms with Gasteiger partial charge in [-0.2, -0.15) is 5.10 Å². The number of non-ortho nitro benzene ring substituents is 1. The first-order valence-corrected chi connectivity index (χ1v) is 6.57. The lowest BCUT2D eigenvalue weighted by molar-refractivity contribution is -0.384. The van der Waals surface area contributed by atoms with Crippen molar-refractivity contribution < 1.29 is 9.72 Å². The number of nitrogens with one attached hydrogen (secondary N) is 2. The van der Waals surface area contributed by atoms with Crippen molar-refractivity contribution in [1.29, 1.82) is 0 Å². The van der Waals surface area contributed by atoms with E-state index < -0.39 is 10.8 Å². The molecule has 0 aliphatic rings. The number of carbonyl (C=O) groups is 1. The molecular formula is C13H13ClN4O3. The fraction of sp³-hybridized carbons (Fsp3) is 0.231. The number of hydrogen-bond donors (Lipinski definition) is 2. The molecule has 0 saturated carbocycles. The first kappa shape index (κ1) is 15.0. The average molecular weight is 309 g/mol. The lowest BCUT2D eigenvalue weighted by Crippen LogP contribution is -2.13. The maximum absolute atomic E-state index is 12.1. The fourth-order valence-corrected chi connectivity index (χ4v) is 1.88. The van der Waals surface area contributed by atoms with Crippen LogP contribution in [0.15, 0.2) is 24.3 Å². The van der Waals surface area contributed by atoms with E-state index in [1.165, 1.54) is 12.1 Å². The van der Waals surface area contributed by atoms with Crippen LogP contribution in [0, 0.1) is 10.1 Å². The van der Waals surface area contributed by atoms with Crippen molar-refractivity contribution in [2.45, 2.75) is 19.8 Å². The Morgan fingerprint density at radius 1 is 1.43 bits per heavy atom. The van der Waals surface area contributed by atoms with Crippen LogP contribution in [0.4, 0.5) is 11.5 Å². The number of halogens is 1. The number of nitro groups is 1. The van der Waals surface area contributed by atoms with Crippen molar-refractivity contribution >= 4 is 29.0 Å². The number of hydrogen-bond acceptors (Lipinski definition) is 4. The zero-order valence-corrected chi connectivity index (χ0v) is 12.1. The van der Waals surface area contributed by atoms with Gasteiger partial charge in [0.2, 0.25) is 0 Å². The summed E-state index contributed by atoms with van der Waals surface area (Å²) in [5.41, 5.74) is 0.699. The Balaban J connectivity index is 2.23. The van der Waals surface area contributed by atoms with Gasteiger partial charge in [0.05, 0.1) is 15.5 Å². The Morgan fingerprint density at radius 3 is 2.71 bits per heavy atom. The van der Waals surface area contributed by atoms with Crippen LogP contribution < -0.4 is 5.32 Å². The number of benzene rings is 1. The van der Waals surface area contributed by atoms with Gasteiger partial charge < -0.3 is 5.32 Å². The predicted molar refractivity (Wildman–Crippen MR) is 78.7 cm³/mol. The Kier molecular flexibility index (Phi) is 4.23. The third-order valence-corrected chi connectivity index (χ3v) is 3.20. The second-order valence-electron chi connectivity index (χ2n) is 4.74. The minimum atomic E-state index is -0.585. The van der Waals surface area contributed by atoms with Crippen LogP contribution in [-0.4, -0.2) is 21.0 Å². The summed E-state index contributed by atoms with van der Waals surface area (Å²) in [6.07, 6.45) is 0. The van der Waals surface area contributed by atoms with Gasteiger partial charge in [-0.25, -0.2) is 0 Å². The van der Waals surface area contributed by atoms with E-state index in [0.717, 1.165) is 11.8 Å². The Morgan fingerprint density at radius 2 is 2.14 bits per heavy atom. The normalized spacial score (nSPS) is 10.7. The van der Waals surface area contributed by atoms with Gasteiger partial charge in [-0.1, -0.05) is 25.4 Å². The number of nitrogens with zero attached hydrogens (tertiary/aromatic N) is 2. The molecule has 1 amide bonds. The first-order chi connectivity index (χ1) is 9.88. The van der Waals surface area contributed by atoms with Crippen molar-refractivity contribution in [3.05, 3.63) is 50.7 Å². The molecule has 2 N–H and O–H groups in total. The van der Waals surface area contributed by atoms with Gasteiger partial charge in [-0.15, -0.1) is 0 Å². The minimum Gasteiger partial charge on any atom is -0.305 e. The highest BCUT2D eigenvalue weighted by atomic mass is 35.5. The molecule has 2 aromatic rings. The quantitative estimate of drug-likeness (QED) is 0.668. The molecule has 1 heterocycles. The largest absolute Gasteiger partial charge is 0.305 e. The molecule has 2 rings (SSSR count). The van der Waals surface area contributed by atoms with Crippen LogP contribution in [0.5, 0.6) is 0 Å². The van der Waals surface area contributed by atoms with E-state index in [-0.39, 0.29) is 22.2 Å². The summed E-state index contributed by atoms with van der Waals surface area (Å²) in [7, 11) is 0. The molecule has 0 unspecified atom stereocenters. The van der Waals surface area contributed by atoms with Gasteiger partial charge in [-0.3, -0.25) is 20.0 Å². The van der Waals surface area contributed by atoms with Gasteiger partial charge in [-0.05, 0) is 12.0 Å². The number of H-pyrrole nitrogens is 1. The monoisotopic (exact) mass is 308 g/mol. The average Bonchev–Trinajstić information content (AvgIpc) is 2.87. The highest BCUT2D eigenvalue weighted by Gasteiger charge is 2.17. The molecule has 1 aromatic heterocycles. The number of carbonyl (C=O) groups excluding carboxylic acids is 1. The molecule has 0 aliphatic heterocycles. The molecule has 0 atom stereocenters. The molecule has 0 saturated heterocycles. The second-order valence-corrected chi connectivity index (χ2v) is 5.15. The van der Waals surface area contributed by atoms with E-state index in [2.05, 4.69) is 15.5 Å². The molecule has 7 nitrogen and oxygen atoms in total. The van der Waals surface area contributed by atoms with Crippen molar-refractivity contribution in [1.82, 2.24) is 10.2 Å². The van der Waals surface area contributed by atoms with E-state index in [9.17, 15) is 14.9 Å². The topological polar surface area (TPSA) is 101 Å². The third kappa shape index (κ3) is 3.38. The highest BCUT2D eigenvalue weighted by molar-refractivity contribution is 6.34. The Bertz CT molecular complexity index is 696. The molecule has 21 heavy (non-hydrogen) atoms. The first-order valence-electron chi connectivity index (χ1n) is 6.19. The van der Waals surface area contributed by atoms with E-state index in [1.54, 1.807) is 6.07 Å². The van der Waals surface area contributed by atoms with Crippen LogP contribution in [0.25, 0.3) is 0 Å². The lowest BCUT2D eigenvalue weighted by Gasteiger charge is -2.04. The molecule has 0 radical (unpaired) electrons. The predicted octanol–water partition coefficient (Wildman–Crippen LogP) is 3.35. The van der Waals surface area contributed by atoms with Gasteiger partial charge in [0.25, 0.3) is 11.6 Å². The van der Waals surface area contributed by atoms with Crippen LogP contribution in [0.3, 0.4) is 0 Å². The molecule has 110 valence electrons. The lowest BCUT2D eigenvalue weighted by atomic mass is 10.1. The van der Waals surface area contributed by atoms with E-state index >= 15 is 0 Å². The molecule has 1 aromatic carbocycles. The number of anilines is 1. The van der Waals surface area contributed by atoms with Crippen LogP contribution in [0.1, 0.15) is 35.8 Å². The zero-order valence-electron chi connectivity index (χ0n) is 11.4. The summed E-state index contributed by atoms with van der Waals surface area (Å²) in [5.74, 6) is 0.0290. The number of aromatic nitrogens is 2. The third-order valence-electron chi connectivity index (χ3n) is 2.87. The summed E-state index contributed by atoms with van der Waals surface area (Å²) in [6.45, 7) is 3.97.